The second-order valence-electron chi connectivity index (χ2n) is 5.71. The van der Waals surface area contributed by atoms with E-state index in [0.29, 0.717) is 24.5 Å². The lowest BCUT2D eigenvalue weighted by atomic mass is 10.1. The quantitative estimate of drug-likeness (QED) is 0.946. The molecule has 0 saturated heterocycles. The van der Waals surface area contributed by atoms with Crippen molar-refractivity contribution in [1.29, 1.82) is 0 Å². The van der Waals surface area contributed by atoms with Crippen LogP contribution in [0.5, 0.6) is 11.5 Å². The number of hydrogen-bond donors (Lipinski definition) is 1. The third kappa shape index (κ3) is 3.23. The van der Waals surface area contributed by atoms with Crippen molar-refractivity contribution in [2.45, 2.75) is 6.92 Å². The van der Waals surface area contributed by atoms with E-state index in [-0.39, 0.29) is 5.91 Å². The zero-order valence-corrected chi connectivity index (χ0v) is 13.6. The molecule has 120 valence electrons. The second-order valence-corrected chi connectivity index (χ2v) is 5.71. The molecule has 2 aromatic rings. The molecule has 1 N–H and O–H groups in total. The van der Waals surface area contributed by atoms with Crippen LogP contribution in [-0.4, -0.2) is 33.2 Å². The fraction of sp³-hybridized carbons (Fsp3) is 0.278. The Morgan fingerprint density at radius 2 is 1.78 bits per heavy atom. The predicted octanol–water partition coefficient (Wildman–Crippen LogP) is 3.08. The number of fused-ring (bicyclic) bond motifs is 1. The van der Waals surface area contributed by atoms with Gasteiger partial charge in [0.25, 0.3) is 5.91 Å². The lowest BCUT2D eigenvalue weighted by Crippen LogP contribution is -2.17. The zero-order valence-electron chi connectivity index (χ0n) is 13.6. The van der Waals surface area contributed by atoms with Crippen LogP contribution in [0.3, 0.4) is 0 Å². The van der Waals surface area contributed by atoms with E-state index in [1.807, 2.05) is 56.3 Å². The Hall–Kier alpha value is -2.69. The minimum Gasteiger partial charge on any atom is -0.486 e. The molecule has 0 aliphatic carbocycles. The van der Waals surface area contributed by atoms with Gasteiger partial charge in [0.05, 0.1) is 0 Å². The topological polar surface area (TPSA) is 50.8 Å². The molecule has 5 nitrogen and oxygen atoms in total. The van der Waals surface area contributed by atoms with Gasteiger partial charge >= 0.3 is 0 Å². The van der Waals surface area contributed by atoms with Crippen molar-refractivity contribution in [1.82, 2.24) is 0 Å². The average molecular weight is 312 g/mol. The van der Waals surface area contributed by atoms with Gasteiger partial charge in [0.2, 0.25) is 0 Å². The molecule has 1 aliphatic rings. The minimum absolute atomic E-state index is 0.145. The van der Waals surface area contributed by atoms with Crippen molar-refractivity contribution in [2.75, 3.05) is 37.5 Å². The molecule has 2 aromatic carbocycles. The molecule has 0 spiro atoms. The summed E-state index contributed by atoms with van der Waals surface area (Å²) in [5.74, 6) is 1.24. The Morgan fingerprint density at radius 1 is 1.09 bits per heavy atom. The highest BCUT2D eigenvalue weighted by Crippen LogP contribution is 2.35. The van der Waals surface area contributed by atoms with E-state index in [1.54, 1.807) is 6.07 Å². The van der Waals surface area contributed by atoms with Crippen LogP contribution in [0, 0.1) is 6.92 Å². The van der Waals surface area contributed by atoms with Crippen LogP contribution >= 0.6 is 0 Å². The summed E-state index contributed by atoms with van der Waals surface area (Å²) in [6, 6.07) is 11.2. The number of rotatable bonds is 3. The number of amides is 1. The van der Waals surface area contributed by atoms with Gasteiger partial charge in [0.15, 0.2) is 11.5 Å². The van der Waals surface area contributed by atoms with Crippen LogP contribution in [-0.2, 0) is 0 Å². The van der Waals surface area contributed by atoms with Crippen molar-refractivity contribution in [3.05, 3.63) is 47.5 Å². The molecule has 0 radical (unpaired) electrons. The Morgan fingerprint density at radius 3 is 2.48 bits per heavy atom. The molecular formula is C18H20N2O3. The number of hydrogen-bond acceptors (Lipinski definition) is 4. The van der Waals surface area contributed by atoms with Gasteiger partial charge < -0.3 is 19.7 Å². The standard InChI is InChI=1S/C18H20N2O3/c1-12-9-16-17(23-8-7-22-16)11-15(12)19-18(21)13-5-4-6-14(10-13)20(2)3/h4-6,9-11H,7-8H2,1-3H3,(H,19,21). The number of benzene rings is 2. The number of anilines is 2. The van der Waals surface area contributed by atoms with Crippen LogP contribution in [0.2, 0.25) is 0 Å². The maximum absolute atomic E-state index is 12.5. The molecule has 0 aromatic heterocycles. The summed E-state index contributed by atoms with van der Waals surface area (Å²) in [4.78, 5) is 14.5. The van der Waals surface area contributed by atoms with E-state index in [9.17, 15) is 4.79 Å². The van der Waals surface area contributed by atoms with Gasteiger partial charge in [-0.3, -0.25) is 4.79 Å². The summed E-state index contributed by atoms with van der Waals surface area (Å²) in [6.45, 7) is 3.01. The summed E-state index contributed by atoms with van der Waals surface area (Å²) in [5.41, 5.74) is 3.27. The summed E-state index contributed by atoms with van der Waals surface area (Å²) in [5, 5.41) is 2.95. The van der Waals surface area contributed by atoms with Gasteiger partial charge in [-0.05, 0) is 36.8 Å². The zero-order chi connectivity index (χ0) is 16.4. The fourth-order valence-electron chi connectivity index (χ4n) is 2.44. The highest BCUT2D eigenvalue weighted by Gasteiger charge is 2.16. The molecule has 0 atom stereocenters. The molecule has 1 heterocycles. The molecule has 0 fully saturated rings. The minimum atomic E-state index is -0.145. The highest BCUT2D eigenvalue weighted by atomic mass is 16.6. The Labute approximate surface area is 135 Å². The van der Waals surface area contributed by atoms with Crippen LogP contribution in [0.1, 0.15) is 15.9 Å². The van der Waals surface area contributed by atoms with Crippen LogP contribution < -0.4 is 19.7 Å². The molecule has 0 bridgehead atoms. The maximum Gasteiger partial charge on any atom is 0.255 e. The first-order valence-corrected chi connectivity index (χ1v) is 7.53. The molecule has 5 heteroatoms. The van der Waals surface area contributed by atoms with Crippen LogP contribution in [0.4, 0.5) is 11.4 Å². The molecule has 1 aliphatic heterocycles. The normalized spacial score (nSPS) is 12.7. The van der Waals surface area contributed by atoms with Crippen molar-refractivity contribution in [3.8, 4) is 11.5 Å². The van der Waals surface area contributed by atoms with Crippen molar-refractivity contribution < 1.29 is 14.3 Å². The van der Waals surface area contributed by atoms with Gasteiger partial charge in [0.1, 0.15) is 13.2 Å². The Bertz CT molecular complexity index is 741. The lowest BCUT2D eigenvalue weighted by molar-refractivity contribution is 0.102. The molecular weight excluding hydrogens is 292 g/mol. The monoisotopic (exact) mass is 312 g/mol. The number of carbonyl (C=O) groups is 1. The number of aryl methyl sites for hydroxylation is 1. The third-order valence-corrected chi connectivity index (χ3v) is 3.76. The molecule has 0 saturated carbocycles. The van der Waals surface area contributed by atoms with Crippen LogP contribution in [0.15, 0.2) is 36.4 Å². The largest absolute Gasteiger partial charge is 0.486 e. The van der Waals surface area contributed by atoms with E-state index in [4.69, 9.17) is 9.47 Å². The van der Waals surface area contributed by atoms with E-state index in [1.165, 1.54) is 0 Å². The van der Waals surface area contributed by atoms with Crippen molar-refractivity contribution >= 4 is 17.3 Å². The lowest BCUT2D eigenvalue weighted by Gasteiger charge is -2.20. The Balaban J connectivity index is 1.84. The van der Waals surface area contributed by atoms with Crippen molar-refractivity contribution in [3.63, 3.8) is 0 Å². The molecule has 0 unspecified atom stereocenters. The van der Waals surface area contributed by atoms with E-state index in [0.717, 1.165) is 22.7 Å². The number of nitrogens with zero attached hydrogens (tertiary/aromatic N) is 1. The summed E-state index contributed by atoms with van der Waals surface area (Å²) >= 11 is 0. The fourth-order valence-corrected chi connectivity index (χ4v) is 2.44. The van der Waals surface area contributed by atoms with Crippen LogP contribution in [0.25, 0.3) is 0 Å². The molecule has 3 rings (SSSR count). The summed E-state index contributed by atoms with van der Waals surface area (Å²) < 4.78 is 11.1. The van der Waals surface area contributed by atoms with Gasteiger partial charge in [-0.25, -0.2) is 0 Å². The average Bonchev–Trinajstić information content (AvgIpc) is 2.55. The van der Waals surface area contributed by atoms with Gasteiger partial charge in [-0.15, -0.1) is 0 Å². The first-order chi connectivity index (χ1) is 11.0. The molecule has 1 amide bonds. The van der Waals surface area contributed by atoms with Gasteiger partial charge in [0, 0.05) is 37.1 Å². The predicted molar refractivity (Wildman–Crippen MR) is 90.9 cm³/mol. The van der Waals surface area contributed by atoms with E-state index < -0.39 is 0 Å². The SMILES string of the molecule is Cc1cc2c(cc1NC(=O)c1cccc(N(C)C)c1)OCCO2. The van der Waals surface area contributed by atoms with Crippen molar-refractivity contribution in [2.24, 2.45) is 0 Å². The molecule has 23 heavy (non-hydrogen) atoms. The van der Waals surface area contributed by atoms with E-state index >= 15 is 0 Å². The summed E-state index contributed by atoms with van der Waals surface area (Å²) in [6.07, 6.45) is 0. The third-order valence-electron chi connectivity index (χ3n) is 3.76. The number of nitrogens with one attached hydrogen (secondary N) is 1. The van der Waals surface area contributed by atoms with Gasteiger partial charge in [-0.2, -0.15) is 0 Å². The van der Waals surface area contributed by atoms with E-state index in [2.05, 4.69) is 5.32 Å². The first kappa shape index (κ1) is 15.2. The second kappa shape index (κ2) is 6.20. The number of carbonyl (C=O) groups excluding carboxylic acids is 1. The maximum atomic E-state index is 12.5. The highest BCUT2D eigenvalue weighted by molar-refractivity contribution is 6.05. The first-order valence-electron chi connectivity index (χ1n) is 7.53. The van der Waals surface area contributed by atoms with Gasteiger partial charge in [-0.1, -0.05) is 6.07 Å². The Kier molecular flexibility index (Phi) is 4.10. The smallest absolute Gasteiger partial charge is 0.255 e. The summed E-state index contributed by atoms with van der Waals surface area (Å²) in [7, 11) is 3.89. The number of ether oxygens (including phenoxy) is 2.